The van der Waals surface area contributed by atoms with Crippen molar-refractivity contribution < 1.29 is 14.4 Å². The highest BCUT2D eigenvalue weighted by molar-refractivity contribution is 5.88. The Bertz CT molecular complexity index is 255. The third-order valence-electron chi connectivity index (χ3n) is 1.68. The van der Waals surface area contributed by atoms with Crippen molar-refractivity contribution in [2.24, 2.45) is 5.73 Å². The predicted molar refractivity (Wildman–Crippen MR) is 58.4 cm³/mol. The van der Waals surface area contributed by atoms with Gasteiger partial charge in [0.1, 0.15) is 0 Å². The fraction of sp³-hybridized carbons (Fsp3) is 0.667. The Labute approximate surface area is 94.1 Å². The second-order valence-electron chi connectivity index (χ2n) is 3.05. The molecular weight excluding hydrogens is 212 g/mol. The van der Waals surface area contributed by atoms with Crippen LogP contribution in [0.1, 0.15) is 13.3 Å². The lowest BCUT2D eigenvalue weighted by Crippen LogP contribution is -2.42. The Morgan fingerprint density at radius 1 is 0.938 bits per heavy atom. The predicted octanol–water partition coefficient (Wildman–Crippen LogP) is -2.30. The SMILES string of the molecule is CCC(=O)NCC(=O)NCC(=O)NCCN. The van der Waals surface area contributed by atoms with Gasteiger partial charge in [-0.15, -0.1) is 0 Å². The van der Waals surface area contributed by atoms with Gasteiger partial charge in [-0.2, -0.15) is 0 Å². The molecule has 0 rings (SSSR count). The summed E-state index contributed by atoms with van der Waals surface area (Å²) < 4.78 is 0. The third kappa shape index (κ3) is 7.74. The Morgan fingerprint density at radius 2 is 1.44 bits per heavy atom. The molecule has 92 valence electrons. The van der Waals surface area contributed by atoms with Crippen molar-refractivity contribution in [3.8, 4) is 0 Å². The van der Waals surface area contributed by atoms with Crippen molar-refractivity contribution >= 4 is 17.7 Å². The summed E-state index contributed by atoms with van der Waals surface area (Å²) in [5, 5.41) is 7.26. The van der Waals surface area contributed by atoms with Gasteiger partial charge in [-0.05, 0) is 0 Å². The minimum Gasteiger partial charge on any atom is -0.353 e. The lowest BCUT2D eigenvalue weighted by Gasteiger charge is -2.06. The smallest absolute Gasteiger partial charge is 0.239 e. The van der Waals surface area contributed by atoms with Crippen LogP contribution in [0.25, 0.3) is 0 Å². The van der Waals surface area contributed by atoms with Gasteiger partial charge in [0.15, 0.2) is 0 Å². The molecular formula is C9H18N4O3. The number of rotatable bonds is 7. The van der Waals surface area contributed by atoms with Crippen molar-refractivity contribution in [2.75, 3.05) is 26.2 Å². The van der Waals surface area contributed by atoms with Crippen LogP contribution in [0.4, 0.5) is 0 Å². The fourth-order valence-electron chi connectivity index (χ4n) is 0.819. The molecule has 0 aromatic carbocycles. The maximum Gasteiger partial charge on any atom is 0.239 e. The molecule has 5 N–H and O–H groups in total. The fourth-order valence-corrected chi connectivity index (χ4v) is 0.819. The van der Waals surface area contributed by atoms with Crippen LogP contribution >= 0.6 is 0 Å². The van der Waals surface area contributed by atoms with E-state index in [-0.39, 0.29) is 24.9 Å². The van der Waals surface area contributed by atoms with Gasteiger partial charge in [-0.1, -0.05) is 6.92 Å². The monoisotopic (exact) mass is 230 g/mol. The van der Waals surface area contributed by atoms with Crippen LogP contribution in [-0.4, -0.2) is 43.9 Å². The van der Waals surface area contributed by atoms with Gasteiger partial charge in [-0.3, -0.25) is 14.4 Å². The summed E-state index contributed by atoms with van der Waals surface area (Å²) in [5.74, 6) is -0.909. The van der Waals surface area contributed by atoms with Gasteiger partial charge >= 0.3 is 0 Å². The molecule has 7 nitrogen and oxygen atoms in total. The molecule has 0 fully saturated rings. The molecule has 0 saturated heterocycles. The number of carbonyl (C=O) groups excluding carboxylic acids is 3. The first-order chi connectivity index (χ1) is 7.60. The highest BCUT2D eigenvalue weighted by Gasteiger charge is 2.05. The van der Waals surface area contributed by atoms with Crippen LogP contribution < -0.4 is 21.7 Å². The van der Waals surface area contributed by atoms with E-state index in [1.54, 1.807) is 6.92 Å². The van der Waals surface area contributed by atoms with E-state index in [1.807, 2.05) is 0 Å². The molecule has 0 heterocycles. The van der Waals surface area contributed by atoms with Gasteiger partial charge in [0.25, 0.3) is 0 Å². The molecule has 0 aromatic heterocycles. The quantitative estimate of drug-likeness (QED) is 0.394. The Balaban J connectivity index is 3.57. The molecule has 16 heavy (non-hydrogen) atoms. The maximum atomic E-state index is 11.1. The van der Waals surface area contributed by atoms with E-state index in [2.05, 4.69) is 16.0 Å². The molecule has 0 aliphatic rings. The van der Waals surface area contributed by atoms with Crippen molar-refractivity contribution in [1.29, 1.82) is 0 Å². The zero-order valence-corrected chi connectivity index (χ0v) is 9.34. The summed E-state index contributed by atoms with van der Waals surface area (Å²) in [6.07, 6.45) is 0.324. The molecule has 7 heteroatoms. The lowest BCUT2D eigenvalue weighted by molar-refractivity contribution is -0.127. The second kappa shape index (κ2) is 8.66. The zero-order chi connectivity index (χ0) is 12.4. The highest BCUT2D eigenvalue weighted by atomic mass is 16.2. The largest absolute Gasteiger partial charge is 0.353 e. The van der Waals surface area contributed by atoms with Gasteiger partial charge in [-0.25, -0.2) is 0 Å². The van der Waals surface area contributed by atoms with Crippen LogP contribution in [0.3, 0.4) is 0 Å². The summed E-state index contributed by atoms with van der Waals surface area (Å²) in [6, 6.07) is 0. The van der Waals surface area contributed by atoms with Gasteiger partial charge in [0.05, 0.1) is 13.1 Å². The van der Waals surface area contributed by atoms with Crippen LogP contribution in [0, 0.1) is 0 Å². The van der Waals surface area contributed by atoms with E-state index in [0.717, 1.165) is 0 Å². The average Bonchev–Trinajstić information content (AvgIpc) is 2.30. The van der Waals surface area contributed by atoms with E-state index in [4.69, 9.17) is 5.73 Å². The second-order valence-corrected chi connectivity index (χ2v) is 3.05. The Hall–Kier alpha value is -1.63. The highest BCUT2D eigenvalue weighted by Crippen LogP contribution is 1.74. The van der Waals surface area contributed by atoms with Crippen LogP contribution in [0.2, 0.25) is 0 Å². The molecule has 0 atom stereocenters. The first kappa shape index (κ1) is 14.4. The molecule has 0 radical (unpaired) electrons. The summed E-state index contributed by atoms with van der Waals surface area (Å²) in [6.45, 7) is 2.19. The van der Waals surface area contributed by atoms with Gasteiger partial charge in [0, 0.05) is 19.5 Å². The van der Waals surface area contributed by atoms with Crippen molar-refractivity contribution in [1.82, 2.24) is 16.0 Å². The normalized spacial score (nSPS) is 9.38. The standard InChI is InChI=1S/C9H18N4O3/c1-2-7(14)12-6-9(16)13-5-8(15)11-4-3-10/h2-6,10H2,1H3,(H,11,15)(H,12,14)(H,13,16). The maximum absolute atomic E-state index is 11.1. The van der Waals surface area contributed by atoms with E-state index in [1.165, 1.54) is 0 Å². The molecule has 3 amide bonds. The number of carbonyl (C=O) groups is 3. The summed E-state index contributed by atoms with van der Waals surface area (Å²) in [4.78, 5) is 33.0. The zero-order valence-electron chi connectivity index (χ0n) is 9.34. The molecule has 0 bridgehead atoms. The minimum absolute atomic E-state index is 0.110. The first-order valence-corrected chi connectivity index (χ1v) is 5.10. The minimum atomic E-state index is -0.398. The van der Waals surface area contributed by atoms with Gasteiger partial charge in [0.2, 0.25) is 17.7 Å². The number of hydrogen-bond acceptors (Lipinski definition) is 4. The molecule has 0 unspecified atom stereocenters. The van der Waals surface area contributed by atoms with E-state index in [0.29, 0.717) is 19.5 Å². The molecule has 0 saturated carbocycles. The van der Waals surface area contributed by atoms with Crippen LogP contribution in [0.5, 0.6) is 0 Å². The number of amides is 3. The lowest BCUT2D eigenvalue weighted by atomic mass is 10.4. The molecule has 0 aliphatic heterocycles. The van der Waals surface area contributed by atoms with Gasteiger partial charge < -0.3 is 21.7 Å². The molecule has 0 aromatic rings. The van der Waals surface area contributed by atoms with Crippen molar-refractivity contribution in [3.63, 3.8) is 0 Å². The summed E-state index contributed by atoms with van der Waals surface area (Å²) in [5.41, 5.74) is 5.18. The van der Waals surface area contributed by atoms with E-state index >= 15 is 0 Å². The van der Waals surface area contributed by atoms with E-state index < -0.39 is 5.91 Å². The Morgan fingerprint density at radius 3 is 1.94 bits per heavy atom. The average molecular weight is 230 g/mol. The number of hydrogen-bond donors (Lipinski definition) is 4. The van der Waals surface area contributed by atoms with E-state index in [9.17, 15) is 14.4 Å². The molecule has 0 aliphatic carbocycles. The topological polar surface area (TPSA) is 113 Å². The number of nitrogens with two attached hydrogens (primary N) is 1. The van der Waals surface area contributed by atoms with Crippen molar-refractivity contribution in [3.05, 3.63) is 0 Å². The van der Waals surface area contributed by atoms with Crippen molar-refractivity contribution in [2.45, 2.75) is 13.3 Å². The summed E-state index contributed by atoms with van der Waals surface area (Å²) in [7, 11) is 0. The third-order valence-corrected chi connectivity index (χ3v) is 1.68. The first-order valence-electron chi connectivity index (χ1n) is 5.10. The number of nitrogens with one attached hydrogen (secondary N) is 3. The molecule has 0 spiro atoms. The Kier molecular flexibility index (Phi) is 7.78. The van der Waals surface area contributed by atoms with Crippen LogP contribution in [0.15, 0.2) is 0 Å². The van der Waals surface area contributed by atoms with Crippen LogP contribution in [-0.2, 0) is 14.4 Å². The summed E-state index contributed by atoms with van der Waals surface area (Å²) >= 11 is 0.